The molecule has 3 aromatic rings. The predicted molar refractivity (Wildman–Crippen MR) is 156 cm³/mol. The van der Waals surface area contributed by atoms with Gasteiger partial charge < -0.3 is 26.0 Å². The summed E-state index contributed by atoms with van der Waals surface area (Å²) in [6.07, 6.45) is 0.0238. The quantitative estimate of drug-likeness (QED) is 0.224. The van der Waals surface area contributed by atoms with Crippen molar-refractivity contribution in [3.8, 4) is 0 Å². The van der Waals surface area contributed by atoms with Gasteiger partial charge in [0.05, 0.1) is 22.0 Å². The molecular weight excluding hydrogens is 601 g/mol. The minimum atomic E-state index is -0.943. The highest BCUT2D eigenvalue weighted by Crippen LogP contribution is 2.28. The average molecular weight is 632 g/mol. The van der Waals surface area contributed by atoms with E-state index in [0.29, 0.717) is 12.8 Å². The summed E-state index contributed by atoms with van der Waals surface area (Å²) in [5.74, 6) is -2.76. The number of hydrogen-bond acceptors (Lipinski definition) is 8. The van der Waals surface area contributed by atoms with Crippen LogP contribution in [0.25, 0.3) is 10.9 Å². The Bertz CT molecular complexity index is 1630. The van der Waals surface area contributed by atoms with Crippen LogP contribution in [0, 0.1) is 15.9 Å². The zero-order valence-corrected chi connectivity index (χ0v) is 24.9. The van der Waals surface area contributed by atoms with Crippen molar-refractivity contribution >= 4 is 52.0 Å². The third-order valence-electron chi connectivity index (χ3n) is 6.88. The van der Waals surface area contributed by atoms with Crippen LogP contribution in [0.5, 0.6) is 0 Å². The molecule has 14 nitrogen and oxygen atoms in total. The first kappa shape index (κ1) is 32.1. The Morgan fingerprint density at radius 2 is 1.93 bits per heavy atom. The summed E-state index contributed by atoms with van der Waals surface area (Å²) in [5.41, 5.74) is 4.59. The van der Waals surface area contributed by atoms with Gasteiger partial charge in [0.15, 0.2) is 5.69 Å². The molecule has 0 bridgehead atoms. The van der Waals surface area contributed by atoms with E-state index in [-0.39, 0.29) is 45.5 Å². The fourth-order valence-electron chi connectivity index (χ4n) is 4.75. The number of ether oxygens (including phenoxy) is 1. The van der Waals surface area contributed by atoms with Crippen LogP contribution in [0.4, 0.5) is 14.9 Å². The minimum absolute atomic E-state index is 0.0950. The van der Waals surface area contributed by atoms with Crippen LogP contribution in [0.2, 0.25) is 5.02 Å². The highest BCUT2D eigenvalue weighted by Gasteiger charge is 2.38. The molecular formula is C28H31ClFN7O7. The number of nitro groups is 1. The Labute approximate surface area is 255 Å². The maximum absolute atomic E-state index is 14.3. The lowest BCUT2D eigenvalue weighted by Crippen LogP contribution is -2.58. The number of non-ortho nitro benzene ring substituents is 1. The fraction of sp³-hybridized carbons (Fsp3) is 0.393. The molecule has 16 heteroatoms. The van der Waals surface area contributed by atoms with Gasteiger partial charge in [-0.2, -0.15) is 5.10 Å². The number of carbonyl (C=O) groups is 4. The van der Waals surface area contributed by atoms with Crippen molar-refractivity contribution in [1.82, 2.24) is 25.3 Å². The van der Waals surface area contributed by atoms with Crippen molar-refractivity contribution in [2.75, 3.05) is 6.54 Å². The Morgan fingerprint density at radius 3 is 2.57 bits per heavy atom. The Kier molecular flexibility index (Phi) is 9.37. The molecule has 0 unspecified atom stereocenters. The molecule has 0 radical (unpaired) electrons. The number of fused-ring (bicyclic) bond motifs is 1. The van der Waals surface area contributed by atoms with Gasteiger partial charge in [0, 0.05) is 41.7 Å². The van der Waals surface area contributed by atoms with Crippen LogP contribution in [-0.2, 0) is 27.4 Å². The molecule has 234 valence electrons. The van der Waals surface area contributed by atoms with E-state index in [9.17, 15) is 33.7 Å². The molecule has 4 amide bonds. The van der Waals surface area contributed by atoms with Crippen LogP contribution < -0.4 is 16.4 Å². The molecule has 0 saturated heterocycles. The van der Waals surface area contributed by atoms with Gasteiger partial charge in [0.25, 0.3) is 11.6 Å². The van der Waals surface area contributed by atoms with Crippen LogP contribution in [-0.4, -0.2) is 67.6 Å². The predicted octanol–water partition coefficient (Wildman–Crippen LogP) is 3.04. The Balaban J connectivity index is 1.53. The SMILES string of the molecule is CC(C)(C)OC(=O)NC1CC(N(CC(=O)NCc2cccc(Cl)c2F)C(=O)Cn2nc(C(N)=O)c3cc([N+](=O)[O-])ccc32)C1. The van der Waals surface area contributed by atoms with Gasteiger partial charge in [-0.1, -0.05) is 23.7 Å². The number of aromatic nitrogens is 2. The van der Waals surface area contributed by atoms with Gasteiger partial charge in [0.2, 0.25) is 11.8 Å². The van der Waals surface area contributed by atoms with Crippen LogP contribution >= 0.6 is 11.6 Å². The number of nitrogens with zero attached hydrogens (tertiary/aromatic N) is 4. The highest BCUT2D eigenvalue weighted by molar-refractivity contribution is 6.30. The molecule has 2 aromatic carbocycles. The largest absolute Gasteiger partial charge is 0.444 e. The summed E-state index contributed by atoms with van der Waals surface area (Å²) in [7, 11) is 0. The van der Waals surface area contributed by atoms with Crippen molar-refractivity contribution in [3.63, 3.8) is 0 Å². The lowest BCUT2D eigenvalue weighted by Gasteiger charge is -2.42. The van der Waals surface area contributed by atoms with Crippen LogP contribution in [0.3, 0.4) is 0 Å². The highest BCUT2D eigenvalue weighted by atomic mass is 35.5. The summed E-state index contributed by atoms with van der Waals surface area (Å²) in [5, 5.41) is 20.7. The van der Waals surface area contributed by atoms with E-state index in [0.717, 1.165) is 6.07 Å². The molecule has 1 aliphatic carbocycles. The number of benzene rings is 2. The number of nitro benzene ring substituents is 1. The summed E-state index contributed by atoms with van der Waals surface area (Å²) in [6.45, 7) is 4.17. The van der Waals surface area contributed by atoms with Gasteiger partial charge in [-0.3, -0.25) is 29.2 Å². The normalized spacial score (nSPS) is 16.1. The molecule has 0 spiro atoms. The molecule has 1 aliphatic rings. The smallest absolute Gasteiger partial charge is 0.407 e. The van der Waals surface area contributed by atoms with E-state index < -0.39 is 59.3 Å². The second-order valence-corrected chi connectivity index (χ2v) is 11.7. The molecule has 44 heavy (non-hydrogen) atoms. The fourth-order valence-corrected chi connectivity index (χ4v) is 4.94. The Morgan fingerprint density at radius 1 is 1.23 bits per heavy atom. The first-order chi connectivity index (χ1) is 20.6. The van der Waals surface area contributed by atoms with E-state index in [1.807, 2.05) is 0 Å². The standard InChI is InChI=1S/C28H31ClFN7O7/c1-28(2,3)44-27(41)33-16-9-18(10-16)35(13-22(38)32-12-15-5-4-6-20(29)24(15)30)23(39)14-36-21-8-7-17(37(42)43)11-19(21)25(34-36)26(31)40/h4-8,11,16,18H,9-10,12-14H2,1-3H3,(H2,31,40)(H,32,38)(H,33,41). The first-order valence-corrected chi connectivity index (χ1v) is 13.9. The third-order valence-corrected chi connectivity index (χ3v) is 7.17. The van der Waals surface area contributed by atoms with Gasteiger partial charge in [-0.05, 0) is 45.7 Å². The summed E-state index contributed by atoms with van der Waals surface area (Å²) in [4.78, 5) is 62.8. The number of nitrogens with one attached hydrogen (secondary N) is 2. The summed E-state index contributed by atoms with van der Waals surface area (Å²) < 4.78 is 20.8. The van der Waals surface area contributed by atoms with E-state index in [2.05, 4.69) is 15.7 Å². The van der Waals surface area contributed by atoms with Crippen molar-refractivity contribution in [2.45, 2.75) is 64.4 Å². The van der Waals surface area contributed by atoms with Crippen molar-refractivity contribution < 1.29 is 33.2 Å². The lowest BCUT2D eigenvalue weighted by atomic mass is 9.85. The molecule has 0 atom stereocenters. The minimum Gasteiger partial charge on any atom is -0.444 e. The summed E-state index contributed by atoms with van der Waals surface area (Å²) >= 11 is 5.82. The third kappa shape index (κ3) is 7.58. The molecule has 1 aromatic heterocycles. The van der Waals surface area contributed by atoms with E-state index in [1.165, 1.54) is 39.9 Å². The Hall–Kier alpha value is -4.79. The van der Waals surface area contributed by atoms with Gasteiger partial charge >= 0.3 is 6.09 Å². The van der Waals surface area contributed by atoms with Crippen LogP contribution in [0.15, 0.2) is 36.4 Å². The zero-order valence-electron chi connectivity index (χ0n) is 24.1. The molecule has 1 saturated carbocycles. The second kappa shape index (κ2) is 12.8. The van der Waals surface area contributed by atoms with E-state index in [1.54, 1.807) is 20.8 Å². The van der Waals surface area contributed by atoms with Crippen LogP contribution in [0.1, 0.15) is 49.7 Å². The van der Waals surface area contributed by atoms with Gasteiger partial charge in [-0.15, -0.1) is 0 Å². The molecule has 4 rings (SSSR count). The topological polar surface area (TPSA) is 192 Å². The number of primary amides is 1. The number of alkyl carbamates (subject to hydrolysis) is 1. The number of amides is 4. The number of hydrogen-bond donors (Lipinski definition) is 3. The summed E-state index contributed by atoms with van der Waals surface area (Å²) in [6, 6.07) is 7.29. The van der Waals surface area contributed by atoms with Gasteiger partial charge in [-0.25, -0.2) is 9.18 Å². The second-order valence-electron chi connectivity index (χ2n) is 11.3. The maximum Gasteiger partial charge on any atom is 0.407 e. The van der Waals surface area contributed by atoms with Crippen molar-refractivity contribution in [3.05, 3.63) is 68.6 Å². The average Bonchev–Trinajstić information content (AvgIpc) is 3.27. The molecule has 0 aliphatic heterocycles. The lowest BCUT2D eigenvalue weighted by molar-refractivity contribution is -0.384. The first-order valence-electron chi connectivity index (χ1n) is 13.6. The molecule has 1 fully saturated rings. The number of nitrogens with two attached hydrogens (primary N) is 1. The number of halogens is 2. The van der Waals surface area contributed by atoms with E-state index in [4.69, 9.17) is 22.1 Å². The van der Waals surface area contributed by atoms with Gasteiger partial charge in [0.1, 0.15) is 18.0 Å². The monoisotopic (exact) mass is 631 g/mol. The number of rotatable bonds is 10. The molecule has 4 N–H and O–H groups in total. The van der Waals surface area contributed by atoms with Crippen molar-refractivity contribution in [2.24, 2.45) is 5.73 Å². The molecule has 1 heterocycles. The number of carbonyl (C=O) groups excluding carboxylic acids is 4. The maximum atomic E-state index is 14.3. The zero-order chi connectivity index (χ0) is 32.3. The van der Waals surface area contributed by atoms with Crippen molar-refractivity contribution in [1.29, 1.82) is 0 Å². The van der Waals surface area contributed by atoms with E-state index >= 15 is 0 Å².